The van der Waals surface area contributed by atoms with Gasteiger partial charge in [0.25, 0.3) is 5.91 Å². The summed E-state index contributed by atoms with van der Waals surface area (Å²) in [6.07, 6.45) is 0.693. The van der Waals surface area contributed by atoms with Gasteiger partial charge in [0.15, 0.2) is 0 Å². The van der Waals surface area contributed by atoms with Gasteiger partial charge in [-0.05, 0) is 86.1 Å². The van der Waals surface area contributed by atoms with E-state index in [1.165, 1.54) is 29.7 Å². The fourth-order valence-corrected chi connectivity index (χ4v) is 4.64. The molecule has 0 radical (unpaired) electrons. The Hall–Kier alpha value is -4.17. The van der Waals surface area contributed by atoms with E-state index in [4.69, 9.17) is 14.9 Å². The second kappa shape index (κ2) is 11.7. The molecule has 0 saturated carbocycles. The standard InChI is InChI=1S/C29H28FN3O3S/c1-18-7-14-27(37-18)29(34)32-19(2)28(20-5-4-6-24(15-20)35-3)36-25-12-13-26(21(16-25)17-31)33-23-10-8-22(30)9-11-23/h4-17,19,28,31,33H,1-3H3,(H,32,34)/t19-,28-/m0/s1. The van der Waals surface area contributed by atoms with E-state index in [0.29, 0.717) is 33.3 Å². The van der Waals surface area contributed by atoms with Gasteiger partial charge in [0, 0.05) is 28.0 Å². The van der Waals surface area contributed by atoms with Crippen LogP contribution in [-0.2, 0) is 0 Å². The number of ether oxygens (including phenoxy) is 2. The fourth-order valence-electron chi connectivity index (χ4n) is 3.87. The Kier molecular flexibility index (Phi) is 8.20. The molecule has 37 heavy (non-hydrogen) atoms. The number of aryl methyl sites for hydroxylation is 1. The second-order valence-corrected chi connectivity index (χ2v) is 9.80. The lowest BCUT2D eigenvalue weighted by atomic mass is 10.0. The summed E-state index contributed by atoms with van der Waals surface area (Å²) in [6, 6.07) is 22.2. The summed E-state index contributed by atoms with van der Waals surface area (Å²) in [5.74, 6) is 0.725. The maximum atomic E-state index is 13.3. The molecule has 1 amide bonds. The molecule has 0 bridgehead atoms. The topological polar surface area (TPSA) is 83.4 Å². The van der Waals surface area contributed by atoms with Crippen LogP contribution in [0, 0.1) is 18.2 Å². The second-order valence-electron chi connectivity index (χ2n) is 8.51. The summed E-state index contributed by atoms with van der Waals surface area (Å²) in [4.78, 5) is 14.6. The van der Waals surface area contributed by atoms with E-state index in [-0.39, 0.29) is 17.8 Å². The molecule has 6 nitrogen and oxygen atoms in total. The molecule has 0 aliphatic heterocycles. The Morgan fingerprint density at radius 2 is 1.81 bits per heavy atom. The molecule has 1 heterocycles. The first-order valence-electron chi connectivity index (χ1n) is 11.7. The quantitative estimate of drug-likeness (QED) is 0.200. The number of amides is 1. The molecule has 0 aliphatic carbocycles. The van der Waals surface area contributed by atoms with Gasteiger partial charge in [0.05, 0.1) is 18.0 Å². The number of rotatable bonds is 10. The minimum Gasteiger partial charge on any atom is -0.497 e. The lowest BCUT2D eigenvalue weighted by Gasteiger charge is -2.27. The molecule has 0 fully saturated rings. The molecule has 1 aromatic heterocycles. The number of hydrogen-bond donors (Lipinski definition) is 3. The lowest BCUT2D eigenvalue weighted by molar-refractivity contribution is 0.0885. The molecule has 8 heteroatoms. The Balaban J connectivity index is 1.60. The van der Waals surface area contributed by atoms with Gasteiger partial charge in [0.1, 0.15) is 23.4 Å². The van der Waals surface area contributed by atoms with Crippen molar-refractivity contribution in [3.63, 3.8) is 0 Å². The number of benzene rings is 3. The third-order valence-corrected chi connectivity index (χ3v) is 6.76. The van der Waals surface area contributed by atoms with Crippen molar-refractivity contribution >= 4 is 34.8 Å². The van der Waals surface area contributed by atoms with E-state index in [1.807, 2.05) is 50.2 Å². The van der Waals surface area contributed by atoms with Crippen LogP contribution in [0.4, 0.5) is 15.8 Å². The summed E-state index contributed by atoms with van der Waals surface area (Å²) in [5, 5.41) is 14.2. The number of halogens is 1. The number of carbonyl (C=O) groups is 1. The highest BCUT2D eigenvalue weighted by atomic mass is 32.1. The molecule has 0 spiro atoms. The van der Waals surface area contributed by atoms with Crippen LogP contribution < -0.4 is 20.1 Å². The van der Waals surface area contributed by atoms with Crippen LogP contribution in [0.25, 0.3) is 0 Å². The highest BCUT2D eigenvalue weighted by Crippen LogP contribution is 2.31. The van der Waals surface area contributed by atoms with Crippen molar-refractivity contribution in [2.45, 2.75) is 26.0 Å². The predicted octanol–water partition coefficient (Wildman–Crippen LogP) is 6.88. The largest absolute Gasteiger partial charge is 0.497 e. The van der Waals surface area contributed by atoms with Gasteiger partial charge >= 0.3 is 0 Å². The summed E-state index contributed by atoms with van der Waals surface area (Å²) in [6.45, 7) is 3.85. The number of methoxy groups -OCH3 is 1. The number of nitrogens with one attached hydrogen (secondary N) is 3. The highest BCUT2D eigenvalue weighted by Gasteiger charge is 2.25. The van der Waals surface area contributed by atoms with Crippen molar-refractivity contribution in [1.82, 2.24) is 5.32 Å². The molecule has 3 N–H and O–H groups in total. The third-order valence-electron chi connectivity index (χ3n) is 5.76. The van der Waals surface area contributed by atoms with Gasteiger partial charge in [-0.2, -0.15) is 0 Å². The average Bonchev–Trinajstić information content (AvgIpc) is 3.35. The molecule has 4 rings (SSSR count). The van der Waals surface area contributed by atoms with Crippen molar-refractivity contribution in [2.24, 2.45) is 0 Å². The van der Waals surface area contributed by atoms with Gasteiger partial charge < -0.3 is 25.5 Å². The van der Waals surface area contributed by atoms with Crippen LogP contribution in [0.1, 0.15) is 38.7 Å². The first-order valence-corrected chi connectivity index (χ1v) is 12.5. The van der Waals surface area contributed by atoms with E-state index >= 15 is 0 Å². The molecule has 0 unspecified atom stereocenters. The highest BCUT2D eigenvalue weighted by molar-refractivity contribution is 7.13. The zero-order valence-electron chi connectivity index (χ0n) is 20.7. The number of thiophene rings is 1. The predicted molar refractivity (Wildman–Crippen MR) is 146 cm³/mol. The molecule has 2 atom stereocenters. The van der Waals surface area contributed by atoms with Crippen molar-refractivity contribution in [3.8, 4) is 11.5 Å². The van der Waals surface area contributed by atoms with Gasteiger partial charge in [-0.15, -0.1) is 11.3 Å². The number of anilines is 2. The summed E-state index contributed by atoms with van der Waals surface area (Å²) >= 11 is 1.44. The van der Waals surface area contributed by atoms with Gasteiger partial charge in [-0.25, -0.2) is 4.39 Å². The fraction of sp³-hybridized carbons (Fsp3) is 0.172. The molecular formula is C29H28FN3O3S. The third kappa shape index (κ3) is 6.54. The van der Waals surface area contributed by atoms with Crippen LogP contribution in [0.15, 0.2) is 78.9 Å². The molecular weight excluding hydrogens is 489 g/mol. The zero-order chi connectivity index (χ0) is 26.4. The summed E-state index contributed by atoms with van der Waals surface area (Å²) in [5.41, 5.74) is 2.81. The van der Waals surface area contributed by atoms with Crippen LogP contribution >= 0.6 is 11.3 Å². The van der Waals surface area contributed by atoms with Crippen molar-refractivity contribution in [1.29, 1.82) is 5.41 Å². The van der Waals surface area contributed by atoms with Crippen molar-refractivity contribution in [3.05, 3.63) is 106 Å². The van der Waals surface area contributed by atoms with E-state index in [1.54, 1.807) is 37.4 Å². The van der Waals surface area contributed by atoms with Crippen LogP contribution in [-0.4, -0.2) is 25.3 Å². The monoisotopic (exact) mass is 517 g/mol. The van der Waals surface area contributed by atoms with E-state index in [0.717, 1.165) is 10.4 Å². The first-order chi connectivity index (χ1) is 17.9. The minimum atomic E-state index is -0.533. The van der Waals surface area contributed by atoms with Crippen molar-refractivity contribution < 1.29 is 18.7 Å². The van der Waals surface area contributed by atoms with Crippen LogP contribution in [0.5, 0.6) is 11.5 Å². The van der Waals surface area contributed by atoms with Crippen LogP contribution in [0.3, 0.4) is 0 Å². The lowest BCUT2D eigenvalue weighted by Crippen LogP contribution is -2.39. The molecule has 190 valence electrons. The normalized spacial score (nSPS) is 12.3. The van der Waals surface area contributed by atoms with Crippen molar-refractivity contribution in [2.75, 3.05) is 12.4 Å². The number of carbonyl (C=O) groups excluding carboxylic acids is 1. The Morgan fingerprint density at radius 1 is 1.03 bits per heavy atom. The minimum absolute atomic E-state index is 0.166. The SMILES string of the molecule is COc1cccc([C@@H](Oc2ccc(Nc3ccc(F)cc3)c(C=N)c2)[C@H](C)NC(=O)c2ccc(C)s2)c1. The summed E-state index contributed by atoms with van der Waals surface area (Å²) < 4.78 is 25.1. The first kappa shape index (κ1) is 25.9. The molecule has 0 aliphatic rings. The Labute approximate surface area is 219 Å². The van der Waals surface area contributed by atoms with Gasteiger partial charge in [-0.1, -0.05) is 12.1 Å². The Morgan fingerprint density at radius 3 is 2.49 bits per heavy atom. The zero-order valence-corrected chi connectivity index (χ0v) is 21.6. The summed E-state index contributed by atoms with van der Waals surface area (Å²) in [7, 11) is 1.60. The smallest absolute Gasteiger partial charge is 0.261 e. The molecule has 0 saturated heterocycles. The maximum absolute atomic E-state index is 13.3. The average molecular weight is 518 g/mol. The maximum Gasteiger partial charge on any atom is 0.261 e. The van der Waals surface area contributed by atoms with E-state index in [9.17, 15) is 9.18 Å². The number of hydrogen-bond acceptors (Lipinski definition) is 6. The molecule has 4 aromatic rings. The van der Waals surface area contributed by atoms with Gasteiger partial charge in [-0.3, -0.25) is 4.79 Å². The van der Waals surface area contributed by atoms with Gasteiger partial charge in [0.2, 0.25) is 0 Å². The van der Waals surface area contributed by atoms with E-state index < -0.39 is 6.10 Å². The molecule has 3 aromatic carbocycles. The van der Waals surface area contributed by atoms with Crippen LogP contribution in [0.2, 0.25) is 0 Å². The van der Waals surface area contributed by atoms with E-state index in [2.05, 4.69) is 10.6 Å². The Bertz CT molecular complexity index is 1390.